The zero-order chi connectivity index (χ0) is 32.6. The van der Waals surface area contributed by atoms with E-state index >= 15 is 0 Å². The van der Waals surface area contributed by atoms with E-state index in [-0.39, 0.29) is 0 Å². The minimum absolute atomic E-state index is 0.980. The van der Waals surface area contributed by atoms with Gasteiger partial charge in [-0.05, 0) is 81.1 Å². The molecule has 0 atom stereocenters. The summed E-state index contributed by atoms with van der Waals surface area (Å²) in [6.45, 7) is 15.4. The Labute approximate surface area is 281 Å². The topological polar surface area (TPSA) is 13.0 Å². The molecule has 0 saturated heterocycles. The fourth-order valence-electron chi connectivity index (χ4n) is 6.20. The molecule has 0 unspecified atom stereocenters. The second-order valence-electron chi connectivity index (χ2n) is 12.3. The molecule has 0 bridgehead atoms. The van der Waals surface area contributed by atoms with Gasteiger partial charge in [-0.25, -0.2) is 0 Å². The molecule has 0 aliphatic carbocycles. The van der Waals surface area contributed by atoms with Crippen LogP contribution < -0.4 is 18.7 Å². The lowest BCUT2D eigenvalue weighted by Crippen LogP contribution is -2.55. The molecule has 0 aliphatic rings. The van der Waals surface area contributed by atoms with E-state index in [1.54, 1.807) is 0 Å². The van der Waals surface area contributed by atoms with Crippen LogP contribution in [0.4, 0.5) is 22.7 Å². The first-order valence-corrected chi connectivity index (χ1v) is 19.4. The van der Waals surface area contributed by atoms with Gasteiger partial charge in [0.15, 0.2) is 0 Å². The molecule has 0 radical (unpaired) electrons. The lowest BCUT2D eigenvalue weighted by molar-refractivity contribution is 0.740. The summed E-state index contributed by atoms with van der Waals surface area (Å²) in [6, 6.07) is 43.3. The number of benzene rings is 4. The molecular weight excluding hydrogens is 579 g/mol. The Morgan fingerprint density at radius 2 is 0.630 bits per heavy atom. The molecule has 0 heterocycles. The van der Waals surface area contributed by atoms with Crippen molar-refractivity contribution < 1.29 is 0 Å². The zero-order valence-electron chi connectivity index (χ0n) is 29.2. The van der Waals surface area contributed by atoms with Gasteiger partial charge in [-0.2, -0.15) is 18.7 Å². The van der Waals surface area contributed by atoms with Crippen LogP contribution in [0.15, 0.2) is 115 Å². The fourth-order valence-corrected chi connectivity index (χ4v) is 11.2. The summed E-state index contributed by atoms with van der Waals surface area (Å²) in [7, 11) is -2.62. The average molecular weight is 638 g/mol. The summed E-state index contributed by atoms with van der Waals surface area (Å²) in [5.41, 5.74) is 6.50. The number of hydrogen-bond donors (Lipinski definition) is 0. The molecule has 0 fully saturated rings. The van der Waals surface area contributed by atoms with Gasteiger partial charge in [-0.3, -0.25) is 0 Å². The second kappa shape index (κ2) is 18.6. The van der Waals surface area contributed by atoms with Crippen LogP contribution in [0.5, 0.6) is 0 Å². The van der Waals surface area contributed by atoms with Gasteiger partial charge in [0.2, 0.25) is 0 Å². The van der Waals surface area contributed by atoms with Crippen molar-refractivity contribution in [3.63, 3.8) is 0 Å². The first-order valence-electron chi connectivity index (χ1n) is 17.8. The van der Waals surface area contributed by atoms with Crippen LogP contribution in [-0.2, 0) is 0 Å². The predicted molar refractivity (Wildman–Crippen MR) is 206 cm³/mol. The van der Waals surface area contributed by atoms with Crippen molar-refractivity contribution in [2.45, 2.75) is 86.0 Å². The van der Waals surface area contributed by atoms with E-state index in [1.807, 2.05) is 0 Å². The molecule has 0 N–H and O–H groups in total. The summed E-state index contributed by atoms with van der Waals surface area (Å²) in [5.74, 6) is 0. The van der Waals surface area contributed by atoms with Crippen LogP contribution in [0, 0.1) is 6.92 Å². The molecule has 0 spiro atoms. The Morgan fingerprint density at radius 1 is 0.370 bits per heavy atom. The van der Waals surface area contributed by atoms with E-state index < -0.39 is 7.87 Å². The zero-order valence-corrected chi connectivity index (χ0v) is 30.1. The van der Waals surface area contributed by atoms with Crippen LogP contribution in [0.3, 0.4) is 0 Å². The van der Waals surface area contributed by atoms with E-state index in [0.29, 0.717) is 0 Å². The molecule has 246 valence electrons. The van der Waals surface area contributed by atoms with Gasteiger partial charge in [0, 0.05) is 0 Å². The second-order valence-corrected chi connectivity index (χ2v) is 15.3. The van der Waals surface area contributed by atoms with Crippen molar-refractivity contribution >= 4 is 30.6 Å². The van der Waals surface area contributed by atoms with Gasteiger partial charge in [-0.15, -0.1) is 0 Å². The number of hydrogen-bond acceptors (Lipinski definition) is 4. The number of anilines is 4. The van der Waals surface area contributed by atoms with Crippen molar-refractivity contribution in [2.75, 3.05) is 44.9 Å². The van der Waals surface area contributed by atoms with Crippen LogP contribution in [0.25, 0.3) is 0 Å². The predicted octanol–water partition coefficient (Wildman–Crippen LogP) is 12.2. The Bertz CT molecular complexity index is 1240. The Hall–Kier alpha value is -3.49. The highest BCUT2D eigenvalue weighted by Crippen LogP contribution is 2.73. The summed E-state index contributed by atoms with van der Waals surface area (Å²) >= 11 is 0. The van der Waals surface area contributed by atoms with Crippen molar-refractivity contribution in [1.82, 2.24) is 0 Å². The number of rotatable bonds is 20. The first-order chi connectivity index (χ1) is 22.6. The molecule has 0 amide bonds. The van der Waals surface area contributed by atoms with Crippen LogP contribution >= 0.6 is 7.87 Å². The van der Waals surface area contributed by atoms with Crippen LogP contribution in [-0.4, -0.2) is 26.2 Å². The maximum Gasteiger partial charge on any atom is 0.405 e. The Kier molecular flexibility index (Phi) is 14.3. The molecule has 0 saturated carbocycles. The molecule has 4 nitrogen and oxygen atoms in total. The fraction of sp³-hybridized carbons (Fsp3) is 0.415. The van der Waals surface area contributed by atoms with E-state index in [9.17, 15) is 0 Å². The molecule has 0 aromatic heterocycles. The van der Waals surface area contributed by atoms with Crippen LogP contribution in [0.1, 0.15) is 84.6 Å². The average Bonchev–Trinajstić information content (AvgIpc) is 3.10. The number of aryl methyl sites for hydroxylation is 1. The molecular formula is C41H58N4P+. The van der Waals surface area contributed by atoms with Crippen molar-refractivity contribution in [2.24, 2.45) is 0 Å². The first kappa shape index (κ1) is 35.4. The van der Waals surface area contributed by atoms with Gasteiger partial charge in [0.1, 0.15) is 0 Å². The summed E-state index contributed by atoms with van der Waals surface area (Å²) in [5, 5.41) is 0. The van der Waals surface area contributed by atoms with Gasteiger partial charge < -0.3 is 0 Å². The molecule has 46 heavy (non-hydrogen) atoms. The molecule has 4 aromatic carbocycles. The summed E-state index contributed by atoms with van der Waals surface area (Å²) < 4.78 is 11.4. The molecule has 0 aliphatic heterocycles. The third-order valence-electron chi connectivity index (χ3n) is 8.68. The van der Waals surface area contributed by atoms with E-state index in [2.05, 4.69) is 169 Å². The number of para-hydroxylation sites is 3. The normalized spacial score (nSPS) is 11.3. The monoisotopic (exact) mass is 637 g/mol. The van der Waals surface area contributed by atoms with Gasteiger partial charge in [0.25, 0.3) is 0 Å². The maximum absolute atomic E-state index is 2.86. The minimum Gasteiger partial charge on any atom is -0.190 e. The summed E-state index contributed by atoms with van der Waals surface area (Å²) in [4.78, 5) is 0. The third-order valence-corrected chi connectivity index (χ3v) is 13.0. The van der Waals surface area contributed by atoms with Gasteiger partial charge in [-0.1, -0.05) is 126 Å². The summed E-state index contributed by atoms with van der Waals surface area (Å²) in [6.07, 6.45) is 9.06. The highest BCUT2D eigenvalue weighted by Gasteiger charge is 2.63. The Balaban J connectivity index is 2.22. The molecule has 4 rings (SSSR count). The highest BCUT2D eigenvalue weighted by molar-refractivity contribution is 7.81. The SMILES string of the molecule is CCCCN(c1ccccc1)[P+](N(CCCC)c1ccccc1)(N(CCCC)c1ccccc1)N(CCCC)c1ccc(C)cc1. The quantitative estimate of drug-likeness (QED) is 0.0894. The highest BCUT2D eigenvalue weighted by atomic mass is 31.2. The molecule has 4 aromatic rings. The van der Waals surface area contributed by atoms with Crippen LogP contribution in [0.2, 0.25) is 0 Å². The smallest absolute Gasteiger partial charge is 0.190 e. The lowest BCUT2D eigenvalue weighted by atomic mass is 10.2. The largest absolute Gasteiger partial charge is 0.405 e. The van der Waals surface area contributed by atoms with Crippen molar-refractivity contribution in [3.8, 4) is 0 Å². The maximum atomic E-state index is 2.86. The lowest BCUT2D eigenvalue weighted by Gasteiger charge is -2.53. The van der Waals surface area contributed by atoms with E-state index in [0.717, 1.165) is 77.5 Å². The van der Waals surface area contributed by atoms with E-state index in [1.165, 1.54) is 28.3 Å². The van der Waals surface area contributed by atoms with Crippen molar-refractivity contribution in [3.05, 3.63) is 121 Å². The van der Waals surface area contributed by atoms with Gasteiger partial charge >= 0.3 is 7.87 Å². The number of nitrogens with zero attached hydrogens (tertiary/aromatic N) is 4. The van der Waals surface area contributed by atoms with Crippen molar-refractivity contribution in [1.29, 1.82) is 0 Å². The molecule has 5 heteroatoms. The standard InChI is InChI=1S/C41H58N4P/c1-6-10-33-42(38-23-17-14-18-24-38)46(43(34-11-7-2)39-25-19-15-20-26-39,44(35-12-8-3)40-27-21-16-22-28-40)45(36-13-9-4)41-31-29-37(5)30-32-41/h14-32H,6-13,33-36H2,1-5H3/q+1. The third kappa shape index (κ3) is 8.45. The van der Waals surface area contributed by atoms with Gasteiger partial charge in [0.05, 0.1) is 48.9 Å². The minimum atomic E-state index is -2.62. The number of unbranched alkanes of at least 4 members (excludes halogenated alkanes) is 4. The van der Waals surface area contributed by atoms with E-state index in [4.69, 9.17) is 0 Å². The Morgan fingerprint density at radius 3 is 0.891 bits per heavy atom.